The second kappa shape index (κ2) is 7.22. The number of amides is 1. The van der Waals surface area contributed by atoms with Crippen molar-refractivity contribution in [2.24, 2.45) is 0 Å². The number of piperidine rings is 1. The minimum absolute atomic E-state index is 0.0511. The highest BCUT2D eigenvalue weighted by molar-refractivity contribution is 7.10. The fraction of sp³-hybridized carbons (Fsp3) is 0.294. The van der Waals surface area contributed by atoms with E-state index in [9.17, 15) is 4.79 Å². The second-order valence-corrected chi connectivity index (χ2v) is 6.18. The van der Waals surface area contributed by atoms with Gasteiger partial charge in [-0.25, -0.2) is 0 Å². The average Bonchev–Trinajstić information content (AvgIpc) is 3.07. The molecule has 5 heteroatoms. The normalized spacial score (nSPS) is 18.5. The second-order valence-electron chi connectivity index (χ2n) is 5.20. The van der Waals surface area contributed by atoms with Gasteiger partial charge in [0.25, 0.3) is 0 Å². The van der Waals surface area contributed by atoms with Gasteiger partial charge >= 0.3 is 0 Å². The lowest BCUT2D eigenvalue weighted by atomic mass is 10.1. The molecule has 22 heavy (non-hydrogen) atoms. The number of ether oxygens (including phenoxy) is 1. The molecule has 3 heterocycles. The number of likely N-dealkylation sites (tertiary alicyclic amines) is 1. The number of hydrogen-bond donors (Lipinski definition) is 0. The van der Waals surface area contributed by atoms with Crippen LogP contribution in [0.1, 0.15) is 17.7 Å². The molecule has 0 spiro atoms. The zero-order valence-corrected chi connectivity index (χ0v) is 13.0. The molecule has 0 aromatic carbocycles. The quantitative estimate of drug-likeness (QED) is 0.814. The van der Waals surface area contributed by atoms with Crippen LogP contribution < -0.4 is 4.74 Å². The van der Waals surface area contributed by atoms with Crippen molar-refractivity contribution in [2.45, 2.75) is 18.9 Å². The summed E-state index contributed by atoms with van der Waals surface area (Å²) in [5.41, 5.74) is 0. The van der Waals surface area contributed by atoms with Gasteiger partial charge in [-0.3, -0.25) is 9.78 Å². The Morgan fingerprint density at radius 1 is 1.36 bits per heavy atom. The lowest BCUT2D eigenvalue weighted by molar-refractivity contribution is -0.128. The Balaban J connectivity index is 1.57. The van der Waals surface area contributed by atoms with Gasteiger partial charge in [-0.2, -0.15) is 0 Å². The molecule has 0 N–H and O–H groups in total. The fourth-order valence-electron chi connectivity index (χ4n) is 2.49. The predicted molar refractivity (Wildman–Crippen MR) is 87.8 cm³/mol. The molecule has 0 aliphatic carbocycles. The molecule has 0 bridgehead atoms. The van der Waals surface area contributed by atoms with Crippen LogP contribution >= 0.6 is 11.3 Å². The molecule has 0 unspecified atom stereocenters. The first-order chi connectivity index (χ1) is 10.8. The number of rotatable bonds is 4. The molecule has 1 fully saturated rings. The molecular weight excluding hydrogens is 296 g/mol. The van der Waals surface area contributed by atoms with Crippen molar-refractivity contribution in [2.75, 3.05) is 13.1 Å². The van der Waals surface area contributed by atoms with Crippen LogP contribution in [0.15, 0.2) is 48.1 Å². The van der Waals surface area contributed by atoms with Crippen LogP contribution in [-0.4, -0.2) is 35.0 Å². The number of pyridine rings is 1. The molecule has 1 aliphatic rings. The molecule has 0 radical (unpaired) electrons. The Bertz CT molecular complexity index is 625. The largest absolute Gasteiger partial charge is 0.488 e. The molecular formula is C17H18N2O2S. The topological polar surface area (TPSA) is 42.4 Å². The van der Waals surface area contributed by atoms with Gasteiger partial charge in [-0.1, -0.05) is 6.07 Å². The molecule has 1 saturated heterocycles. The molecule has 1 amide bonds. The van der Waals surface area contributed by atoms with E-state index < -0.39 is 0 Å². The summed E-state index contributed by atoms with van der Waals surface area (Å²) in [5, 5.41) is 2.00. The first-order valence-corrected chi connectivity index (χ1v) is 8.26. The number of carbonyl (C=O) groups is 1. The van der Waals surface area contributed by atoms with Gasteiger partial charge in [0, 0.05) is 29.9 Å². The Hall–Kier alpha value is -2.14. The third-order valence-corrected chi connectivity index (χ3v) is 4.41. The van der Waals surface area contributed by atoms with Crippen LogP contribution in [0.4, 0.5) is 0 Å². The minimum atomic E-state index is 0.0511. The van der Waals surface area contributed by atoms with E-state index in [1.807, 2.05) is 40.6 Å². The molecule has 114 valence electrons. The predicted octanol–water partition coefficient (Wildman–Crippen LogP) is 3.23. The molecule has 1 atom stereocenters. The van der Waals surface area contributed by atoms with E-state index in [1.54, 1.807) is 29.8 Å². The summed E-state index contributed by atoms with van der Waals surface area (Å²) < 4.78 is 5.93. The molecule has 3 rings (SSSR count). The lowest BCUT2D eigenvalue weighted by Gasteiger charge is -2.32. The maximum Gasteiger partial charge on any atom is 0.246 e. The van der Waals surface area contributed by atoms with E-state index in [-0.39, 0.29) is 12.0 Å². The lowest BCUT2D eigenvalue weighted by Crippen LogP contribution is -2.43. The zero-order chi connectivity index (χ0) is 15.2. The fourth-order valence-corrected chi connectivity index (χ4v) is 3.11. The summed E-state index contributed by atoms with van der Waals surface area (Å²) in [6, 6.07) is 7.67. The van der Waals surface area contributed by atoms with Gasteiger partial charge in [0.15, 0.2) is 0 Å². The van der Waals surface area contributed by atoms with Crippen molar-refractivity contribution in [3.8, 4) is 5.75 Å². The highest BCUT2D eigenvalue weighted by Gasteiger charge is 2.23. The van der Waals surface area contributed by atoms with E-state index in [2.05, 4.69) is 4.98 Å². The Labute approximate surface area is 134 Å². The van der Waals surface area contributed by atoms with Crippen molar-refractivity contribution < 1.29 is 9.53 Å². The smallest absolute Gasteiger partial charge is 0.246 e. The van der Waals surface area contributed by atoms with Crippen molar-refractivity contribution in [3.05, 3.63) is 53.0 Å². The van der Waals surface area contributed by atoms with Gasteiger partial charge in [0.1, 0.15) is 11.9 Å². The summed E-state index contributed by atoms with van der Waals surface area (Å²) in [6.07, 6.45) is 8.95. The highest BCUT2D eigenvalue weighted by atomic mass is 32.1. The Kier molecular flexibility index (Phi) is 4.85. The maximum atomic E-state index is 12.3. The first kappa shape index (κ1) is 14.8. The molecule has 1 aliphatic heterocycles. The van der Waals surface area contributed by atoms with Crippen molar-refractivity contribution in [1.29, 1.82) is 0 Å². The van der Waals surface area contributed by atoms with E-state index in [0.29, 0.717) is 6.54 Å². The number of nitrogens with zero attached hydrogens (tertiary/aromatic N) is 2. The Morgan fingerprint density at radius 3 is 3.00 bits per heavy atom. The van der Waals surface area contributed by atoms with Crippen LogP contribution in [0.5, 0.6) is 5.75 Å². The highest BCUT2D eigenvalue weighted by Crippen LogP contribution is 2.18. The van der Waals surface area contributed by atoms with Crippen molar-refractivity contribution in [3.63, 3.8) is 0 Å². The van der Waals surface area contributed by atoms with Crippen LogP contribution in [0.2, 0.25) is 0 Å². The summed E-state index contributed by atoms with van der Waals surface area (Å²) in [4.78, 5) is 19.2. The number of carbonyl (C=O) groups excluding carboxylic acids is 1. The molecule has 2 aromatic rings. The van der Waals surface area contributed by atoms with Crippen LogP contribution in [0.3, 0.4) is 0 Å². The van der Waals surface area contributed by atoms with E-state index >= 15 is 0 Å². The number of thiophene rings is 1. The minimum Gasteiger partial charge on any atom is -0.488 e. The van der Waals surface area contributed by atoms with Gasteiger partial charge in [-0.05, 0) is 42.5 Å². The summed E-state index contributed by atoms with van der Waals surface area (Å²) >= 11 is 1.63. The average molecular weight is 314 g/mol. The summed E-state index contributed by atoms with van der Waals surface area (Å²) in [6.45, 7) is 1.43. The molecule has 2 aromatic heterocycles. The van der Waals surface area contributed by atoms with Gasteiger partial charge in [-0.15, -0.1) is 11.3 Å². The van der Waals surface area contributed by atoms with Gasteiger partial charge in [0.2, 0.25) is 5.91 Å². The van der Waals surface area contributed by atoms with Crippen LogP contribution in [0, 0.1) is 0 Å². The molecule has 0 saturated carbocycles. The van der Waals surface area contributed by atoms with Gasteiger partial charge in [0.05, 0.1) is 6.54 Å². The standard InChI is InChI=1S/C17H18N2O2S/c20-17(6-5-16-4-2-12-22-16)19-11-1-3-15(13-19)21-14-7-9-18-10-8-14/h2,4-10,12,15H,1,3,11,13H2/b6-5+/t15-/m1/s1. The monoisotopic (exact) mass is 314 g/mol. The van der Waals surface area contributed by atoms with Gasteiger partial charge < -0.3 is 9.64 Å². The summed E-state index contributed by atoms with van der Waals surface area (Å²) in [5.74, 6) is 0.861. The van der Waals surface area contributed by atoms with E-state index in [1.165, 1.54) is 0 Å². The first-order valence-electron chi connectivity index (χ1n) is 7.38. The Morgan fingerprint density at radius 2 is 2.23 bits per heavy atom. The van der Waals surface area contributed by atoms with Crippen LogP contribution in [0.25, 0.3) is 6.08 Å². The summed E-state index contributed by atoms with van der Waals surface area (Å²) in [7, 11) is 0. The number of aromatic nitrogens is 1. The zero-order valence-electron chi connectivity index (χ0n) is 12.2. The molecule has 4 nitrogen and oxygen atoms in total. The third-order valence-electron chi connectivity index (χ3n) is 3.58. The van der Waals surface area contributed by atoms with Crippen molar-refractivity contribution in [1.82, 2.24) is 9.88 Å². The van der Waals surface area contributed by atoms with Crippen LogP contribution in [-0.2, 0) is 4.79 Å². The van der Waals surface area contributed by atoms with Crippen molar-refractivity contribution >= 4 is 23.3 Å². The SMILES string of the molecule is O=C(/C=C/c1cccs1)N1CCC[C@@H](Oc2ccncc2)C1. The maximum absolute atomic E-state index is 12.3. The number of hydrogen-bond acceptors (Lipinski definition) is 4. The van der Waals surface area contributed by atoms with E-state index in [0.717, 1.165) is 30.0 Å². The van der Waals surface area contributed by atoms with E-state index in [4.69, 9.17) is 4.74 Å². The third kappa shape index (κ3) is 3.95.